The molecule has 7 nitrogen and oxygen atoms in total. The van der Waals surface area contributed by atoms with Gasteiger partial charge in [0.2, 0.25) is 0 Å². The number of thiazole rings is 1. The van der Waals surface area contributed by atoms with Crippen molar-refractivity contribution < 1.29 is 9.72 Å². The highest BCUT2D eigenvalue weighted by Gasteiger charge is 2.16. The zero-order chi connectivity index (χ0) is 17.5. The van der Waals surface area contributed by atoms with Crippen LogP contribution in [0.4, 0.5) is 5.69 Å². The summed E-state index contributed by atoms with van der Waals surface area (Å²) in [6, 6.07) is 6.05. The van der Waals surface area contributed by atoms with E-state index in [1.807, 2.05) is 0 Å². The molecule has 0 radical (unpaired) electrons. The van der Waals surface area contributed by atoms with Crippen LogP contribution in [0.25, 0.3) is 10.6 Å². The molecule has 0 fully saturated rings. The highest BCUT2D eigenvalue weighted by atomic mass is 35.5. The molecule has 1 amide bonds. The van der Waals surface area contributed by atoms with E-state index in [1.54, 1.807) is 17.5 Å². The minimum atomic E-state index is -0.451. The van der Waals surface area contributed by atoms with Gasteiger partial charge in [-0.05, 0) is 18.6 Å². The van der Waals surface area contributed by atoms with Gasteiger partial charge in [0.05, 0.1) is 4.92 Å². The van der Waals surface area contributed by atoms with Crippen LogP contribution in [0.2, 0.25) is 0 Å². The second-order valence-electron chi connectivity index (χ2n) is 5.39. The number of nitro benzene ring substituents is 1. The normalized spacial score (nSPS) is 11.4. The maximum absolute atomic E-state index is 12.3. The van der Waals surface area contributed by atoms with Crippen molar-refractivity contribution in [3.63, 3.8) is 0 Å². The number of hydrogen-bond acceptors (Lipinski definition) is 6. The van der Waals surface area contributed by atoms with Gasteiger partial charge in [-0.25, -0.2) is 4.98 Å². The molecule has 1 heterocycles. The molecule has 0 aliphatic heterocycles. The Morgan fingerprint density at radius 3 is 2.64 bits per heavy atom. The fourth-order valence-corrected chi connectivity index (χ4v) is 3.00. The molecule has 1 unspecified atom stereocenters. The number of nitrogens with one attached hydrogen (secondary N) is 1. The van der Waals surface area contributed by atoms with Gasteiger partial charge in [-0.3, -0.25) is 14.9 Å². The van der Waals surface area contributed by atoms with Crippen LogP contribution in [0.15, 0.2) is 29.6 Å². The molecule has 1 aromatic heterocycles. The van der Waals surface area contributed by atoms with E-state index in [4.69, 9.17) is 5.73 Å². The Kier molecular flexibility index (Phi) is 8.47. The molecule has 1 aromatic carbocycles. The summed E-state index contributed by atoms with van der Waals surface area (Å²) in [4.78, 5) is 26.8. The van der Waals surface area contributed by atoms with Crippen molar-refractivity contribution in [2.45, 2.75) is 32.2 Å². The van der Waals surface area contributed by atoms with Gasteiger partial charge in [-0.15, -0.1) is 23.7 Å². The lowest BCUT2D eigenvalue weighted by Crippen LogP contribution is -2.40. The van der Waals surface area contributed by atoms with E-state index >= 15 is 0 Å². The SMILES string of the molecule is CCCCC(CN)NC(=O)c1csc(-c2ccc([N+](=O)[O-])cc2)n1.Cl. The number of aromatic nitrogens is 1. The first-order chi connectivity index (χ1) is 11.5. The van der Waals surface area contributed by atoms with Crippen molar-refractivity contribution in [3.8, 4) is 10.6 Å². The number of nitrogens with zero attached hydrogens (tertiary/aromatic N) is 2. The minimum Gasteiger partial charge on any atom is -0.347 e. The molecule has 2 aromatic rings. The average molecular weight is 385 g/mol. The van der Waals surface area contributed by atoms with Crippen LogP contribution in [-0.4, -0.2) is 28.4 Å². The summed E-state index contributed by atoms with van der Waals surface area (Å²) in [5, 5.41) is 15.9. The monoisotopic (exact) mass is 384 g/mol. The van der Waals surface area contributed by atoms with E-state index in [1.165, 1.54) is 23.5 Å². The molecule has 0 saturated carbocycles. The molecule has 0 aliphatic carbocycles. The topological polar surface area (TPSA) is 111 Å². The molecule has 2 rings (SSSR count). The van der Waals surface area contributed by atoms with Crippen molar-refractivity contribution in [3.05, 3.63) is 45.5 Å². The summed E-state index contributed by atoms with van der Waals surface area (Å²) in [5.41, 5.74) is 6.79. The van der Waals surface area contributed by atoms with Gasteiger partial charge in [0, 0.05) is 35.7 Å². The number of carbonyl (C=O) groups is 1. The van der Waals surface area contributed by atoms with E-state index in [2.05, 4.69) is 17.2 Å². The van der Waals surface area contributed by atoms with Crippen molar-refractivity contribution in [1.29, 1.82) is 0 Å². The smallest absolute Gasteiger partial charge is 0.271 e. The third-order valence-electron chi connectivity index (χ3n) is 3.59. The fraction of sp³-hybridized carbons (Fsp3) is 0.375. The number of hydrogen-bond donors (Lipinski definition) is 2. The van der Waals surface area contributed by atoms with Gasteiger partial charge in [0.15, 0.2) is 0 Å². The van der Waals surface area contributed by atoms with Gasteiger partial charge >= 0.3 is 0 Å². The fourth-order valence-electron chi connectivity index (χ4n) is 2.20. The van der Waals surface area contributed by atoms with Gasteiger partial charge in [-0.2, -0.15) is 0 Å². The highest BCUT2D eigenvalue weighted by Crippen LogP contribution is 2.25. The Bertz CT molecular complexity index is 706. The first-order valence-electron chi connectivity index (χ1n) is 7.76. The molecule has 25 heavy (non-hydrogen) atoms. The van der Waals surface area contributed by atoms with E-state index in [-0.39, 0.29) is 30.0 Å². The number of carbonyl (C=O) groups excluding carboxylic acids is 1. The summed E-state index contributed by atoms with van der Waals surface area (Å²) in [7, 11) is 0. The summed E-state index contributed by atoms with van der Waals surface area (Å²) >= 11 is 1.32. The van der Waals surface area contributed by atoms with Crippen molar-refractivity contribution in [2.75, 3.05) is 6.54 Å². The zero-order valence-electron chi connectivity index (χ0n) is 13.8. The van der Waals surface area contributed by atoms with Crippen LogP contribution in [-0.2, 0) is 0 Å². The number of amides is 1. The van der Waals surface area contributed by atoms with Crippen molar-refractivity contribution >= 4 is 35.3 Å². The van der Waals surface area contributed by atoms with Gasteiger partial charge in [-0.1, -0.05) is 19.8 Å². The number of rotatable bonds is 8. The molecule has 0 aliphatic rings. The maximum Gasteiger partial charge on any atom is 0.271 e. The van der Waals surface area contributed by atoms with Crippen LogP contribution in [0.3, 0.4) is 0 Å². The van der Waals surface area contributed by atoms with E-state index in [0.29, 0.717) is 17.2 Å². The van der Waals surface area contributed by atoms with Gasteiger partial charge in [0.1, 0.15) is 10.7 Å². The summed E-state index contributed by atoms with van der Waals surface area (Å²) < 4.78 is 0. The summed E-state index contributed by atoms with van der Waals surface area (Å²) in [6.45, 7) is 2.48. The predicted molar refractivity (Wildman–Crippen MR) is 101 cm³/mol. The lowest BCUT2D eigenvalue weighted by molar-refractivity contribution is -0.384. The van der Waals surface area contributed by atoms with Gasteiger partial charge < -0.3 is 11.1 Å². The van der Waals surface area contributed by atoms with Crippen molar-refractivity contribution in [1.82, 2.24) is 10.3 Å². The third kappa shape index (κ3) is 5.77. The molecule has 0 spiro atoms. The number of non-ortho nitro benzene ring substituents is 1. The van der Waals surface area contributed by atoms with Crippen LogP contribution < -0.4 is 11.1 Å². The number of nitrogens with two attached hydrogens (primary N) is 1. The standard InChI is InChI=1S/C16H20N4O3S.ClH/c1-2-3-4-12(9-17)18-15(21)14-10-24-16(19-14)11-5-7-13(8-6-11)20(22)23;/h5-8,10,12H,2-4,9,17H2,1H3,(H,18,21);1H. The third-order valence-corrected chi connectivity index (χ3v) is 4.48. The molecule has 9 heteroatoms. The quantitative estimate of drug-likeness (QED) is 0.535. The maximum atomic E-state index is 12.3. The first-order valence-corrected chi connectivity index (χ1v) is 8.64. The summed E-state index contributed by atoms with van der Waals surface area (Å²) in [5.74, 6) is -0.244. The number of nitro groups is 1. The van der Waals surface area contributed by atoms with E-state index < -0.39 is 4.92 Å². The Hall–Kier alpha value is -2.03. The van der Waals surface area contributed by atoms with Gasteiger partial charge in [0.25, 0.3) is 11.6 Å². The summed E-state index contributed by atoms with van der Waals surface area (Å²) in [6.07, 6.45) is 2.90. The molecular weight excluding hydrogens is 364 g/mol. The Morgan fingerprint density at radius 2 is 2.08 bits per heavy atom. The molecule has 3 N–H and O–H groups in total. The Morgan fingerprint density at radius 1 is 1.40 bits per heavy atom. The largest absolute Gasteiger partial charge is 0.347 e. The molecular formula is C16H21ClN4O3S. The van der Waals surface area contributed by atoms with Crippen LogP contribution in [0.5, 0.6) is 0 Å². The molecule has 136 valence electrons. The highest BCUT2D eigenvalue weighted by molar-refractivity contribution is 7.13. The van der Waals surface area contributed by atoms with Crippen LogP contribution >= 0.6 is 23.7 Å². The molecule has 0 saturated heterocycles. The minimum absolute atomic E-state index is 0. The predicted octanol–water partition coefficient (Wildman–Crippen LogP) is 3.39. The van der Waals surface area contributed by atoms with Crippen molar-refractivity contribution in [2.24, 2.45) is 5.73 Å². The average Bonchev–Trinajstić information content (AvgIpc) is 3.08. The number of unbranched alkanes of at least 4 members (excludes halogenated alkanes) is 1. The number of halogens is 1. The first kappa shape index (κ1) is 21.0. The Labute approximate surface area is 156 Å². The molecule has 1 atom stereocenters. The number of benzene rings is 1. The zero-order valence-corrected chi connectivity index (χ0v) is 15.4. The van der Waals surface area contributed by atoms with Crippen LogP contribution in [0, 0.1) is 10.1 Å². The van der Waals surface area contributed by atoms with E-state index in [9.17, 15) is 14.9 Å². The lowest BCUT2D eigenvalue weighted by atomic mass is 10.1. The van der Waals surface area contributed by atoms with Crippen LogP contribution in [0.1, 0.15) is 36.7 Å². The van der Waals surface area contributed by atoms with E-state index in [0.717, 1.165) is 24.8 Å². The second kappa shape index (κ2) is 10.1. The Balaban J connectivity index is 0.00000312. The molecule has 0 bridgehead atoms. The lowest BCUT2D eigenvalue weighted by Gasteiger charge is -2.15. The second-order valence-corrected chi connectivity index (χ2v) is 6.25.